The Kier molecular flexibility index (Phi) is 5.53. The van der Waals surface area contributed by atoms with Crippen molar-refractivity contribution in [2.24, 2.45) is 5.92 Å². The van der Waals surface area contributed by atoms with Gasteiger partial charge in [0.2, 0.25) is 5.91 Å². The Morgan fingerprint density at radius 1 is 0.929 bits per heavy atom. The Morgan fingerprint density at radius 2 is 1.57 bits per heavy atom. The van der Waals surface area contributed by atoms with Gasteiger partial charge in [-0.15, -0.1) is 0 Å². The van der Waals surface area contributed by atoms with Crippen LogP contribution < -0.4 is 4.74 Å². The van der Waals surface area contributed by atoms with Crippen molar-refractivity contribution in [1.29, 1.82) is 0 Å². The van der Waals surface area contributed by atoms with Gasteiger partial charge in [-0.2, -0.15) is 0 Å². The number of hydrogen-bond donors (Lipinski definition) is 0. The number of halogens is 1. The summed E-state index contributed by atoms with van der Waals surface area (Å²) in [4.78, 5) is 28.9. The molecule has 0 unspecified atom stereocenters. The van der Waals surface area contributed by atoms with Crippen LogP contribution in [0.2, 0.25) is 5.02 Å². The van der Waals surface area contributed by atoms with E-state index in [1.165, 1.54) is 0 Å². The van der Waals surface area contributed by atoms with Gasteiger partial charge in [0, 0.05) is 37.1 Å². The molecule has 1 saturated carbocycles. The highest BCUT2D eigenvalue weighted by Crippen LogP contribution is 2.31. The largest absolute Gasteiger partial charge is 0.488 e. The molecule has 0 bridgehead atoms. The van der Waals surface area contributed by atoms with Gasteiger partial charge < -0.3 is 14.5 Å². The summed E-state index contributed by atoms with van der Waals surface area (Å²) < 4.78 is 5.92. The molecule has 4 rings (SSSR count). The summed E-state index contributed by atoms with van der Waals surface area (Å²) in [5, 5.41) is 0.679. The SMILES string of the molecule is O=C(c1ccccc1OCc1ccc(Cl)cc1)N1CCN(C(=O)C2CC2)CC1. The molecule has 28 heavy (non-hydrogen) atoms. The normalized spacial score (nSPS) is 16.8. The molecule has 2 aliphatic rings. The minimum Gasteiger partial charge on any atom is -0.488 e. The number of nitrogens with zero attached hydrogens (tertiary/aromatic N) is 2. The predicted octanol–water partition coefficient (Wildman–Crippen LogP) is 3.61. The number of ether oxygens (including phenoxy) is 1. The monoisotopic (exact) mass is 398 g/mol. The fraction of sp³-hybridized carbons (Fsp3) is 0.364. The number of carbonyl (C=O) groups is 2. The molecule has 5 nitrogen and oxygen atoms in total. The van der Waals surface area contributed by atoms with Crippen LogP contribution in [0.5, 0.6) is 5.75 Å². The zero-order chi connectivity index (χ0) is 19.5. The summed E-state index contributed by atoms with van der Waals surface area (Å²) in [5.74, 6) is 0.993. The Morgan fingerprint density at radius 3 is 2.25 bits per heavy atom. The highest BCUT2D eigenvalue weighted by molar-refractivity contribution is 6.30. The summed E-state index contributed by atoms with van der Waals surface area (Å²) in [7, 11) is 0. The Balaban J connectivity index is 1.39. The third-order valence-corrected chi connectivity index (χ3v) is 5.48. The molecule has 6 heteroatoms. The van der Waals surface area contributed by atoms with Gasteiger partial charge in [-0.25, -0.2) is 0 Å². The maximum atomic E-state index is 13.0. The number of carbonyl (C=O) groups excluding carboxylic acids is 2. The molecule has 2 fully saturated rings. The van der Waals surface area contributed by atoms with Crippen molar-refractivity contribution >= 4 is 23.4 Å². The van der Waals surface area contributed by atoms with Crippen molar-refractivity contribution < 1.29 is 14.3 Å². The van der Waals surface area contributed by atoms with Crippen LogP contribution in [0.1, 0.15) is 28.8 Å². The third kappa shape index (κ3) is 4.30. The second kappa shape index (κ2) is 8.23. The zero-order valence-corrected chi connectivity index (χ0v) is 16.4. The molecule has 146 valence electrons. The first kappa shape index (κ1) is 18.8. The van der Waals surface area contributed by atoms with Gasteiger partial charge in [0.05, 0.1) is 5.56 Å². The van der Waals surface area contributed by atoms with E-state index in [1.807, 2.05) is 47.4 Å². The topological polar surface area (TPSA) is 49.9 Å². The van der Waals surface area contributed by atoms with E-state index in [-0.39, 0.29) is 17.7 Å². The highest BCUT2D eigenvalue weighted by Gasteiger charge is 2.35. The maximum Gasteiger partial charge on any atom is 0.257 e. The van der Waals surface area contributed by atoms with Gasteiger partial charge in [-0.1, -0.05) is 35.9 Å². The molecule has 0 aromatic heterocycles. The molecule has 0 atom stereocenters. The summed E-state index contributed by atoms with van der Waals surface area (Å²) >= 11 is 5.92. The van der Waals surface area contributed by atoms with Crippen molar-refractivity contribution in [1.82, 2.24) is 9.80 Å². The molecule has 1 heterocycles. The molecule has 2 amide bonds. The van der Waals surface area contributed by atoms with E-state index in [4.69, 9.17) is 16.3 Å². The maximum absolute atomic E-state index is 13.0. The molecule has 1 aliphatic heterocycles. The van der Waals surface area contributed by atoms with Crippen molar-refractivity contribution in [3.05, 3.63) is 64.7 Å². The molecule has 0 radical (unpaired) electrons. The number of rotatable bonds is 5. The van der Waals surface area contributed by atoms with Gasteiger partial charge in [0.25, 0.3) is 5.91 Å². The van der Waals surface area contributed by atoms with Crippen LogP contribution in [0.4, 0.5) is 0 Å². The lowest BCUT2D eigenvalue weighted by molar-refractivity contribution is -0.134. The van der Waals surface area contributed by atoms with Crippen LogP contribution in [-0.2, 0) is 11.4 Å². The fourth-order valence-corrected chi connectivity index (χ4v) is 3.53. The Bertz CT molecular complexity index is 856. The highest BCUT2D eigenvalue weighted by atomic mass is 35.5. The fourth-order valence-electron chi connectivity index (χ4n) is 3.40. The Hall–Kier alpha value is -2.53. The molecule has 0 spiro atoms. The van der Waals surface area contributed by atoms with E-state index in [9.17, 15) is 9.59 Å². The molecule has 1 saturated heterocycles. The van der Waals surface area contributed by atoms with Gasteiger partial charge in [-0.3, -0.25) is 9.59 Å². The van der Waals surface area contributed by atoms with Crippen LogP contribution in [0, 0.1) is 5.92 Å². The molecule has 0 N–H and O–H groups in total. The van der Waals surface area contributed by atoms with Crippen LogP contribution >= 0.6 is 11.6 Å². The standard InChI is InChI=1S/C22H23ClN2O3/c23-18-9-5-16(6-10-18)15-28-20-4-2-1-3-19(20)22(27)25-13-11-24(12-14-25)21(26)17-7-8-17/h1-6,9-10,17H,7-8,11-15H2. The van der Waals surface area contributed by atoms with E-state index in [0.717, 1.165) is 18.4 Å². The van der Waals surface area contributed by atoms with E-state index in [0.29, 0.717) is 49.1 Å². The second-order valence-electron chi connectivity index (χ2n) is 7.30. The predicted molar refractivity (Wildman–Crippen MR) is 107 cm³/mol. The van der Waals surface area contributed by atoms with Gasteiger partial charge in [-0.05, 0) is 42.7 Å². The average Bonchev–Trinajstić information content (AvgIpc) is 3.58. The average molecular weight is 399 g/mol. The number of para-hydroxylation sites is 1. The third-order valence-electron chi connectivity index (χ3n) is 5.23. The van der Waals surface area contributed by atoms with E-state index in [1.54, 1.807) is 11.0 Å². The van der Waals surface area contributed by atoms with E-state index >= 15 is 0 Å². The number of hydrogen-bond acceptors (Lipinski definition) is 3. The van der Waals surface area contributed by atoms with Crippen molar-refractivity contribution in [3.63, 3.8) is 0 Å². The molecule has 1 aliphatic carbocycles. The van der Waals surface area contributed by atoms with Crippen molar-refractivity contribution in [2.45, 2.75) is 19.4 Å². The smallest absolute Gasteiger partial charge is 0.257 e. The van der Waals surface area contributed by atoms with Crippen LogP contribution in [-0.4, -0.2) is 47.8 Å². The number of benzene rings is 2. The molecule has 2 aromatic rings. The summed E-state index contributed by atoms with van der Waals surface area (Å²) in [6.45, 7) is 2.69. The zero-order valence-electron chi connectivity index (χ0n) is 15.6. The van der Waals surface area contributed by atoms with Gasteiger partial charge in [0.15, 0.2) is 0 Å². The summed E-state index contributed by atoms with van der Waals surface area (Å²) in [5.41, 5.74) is 1.54. The first-order valence-corrected chi connectivity index (χ1v) is 10.0. The van der Waals surface area contributed by atoms with Crippen molar-refractivity contribution in [2.75, 3.05) is 26.2 Å². The molecule has 2 aromatic carbocycles. The van der Waals surface area contributed by atoms with Gasteiger partial charge in [0.1, 0.15) is 12.4 Å². The van der Waals surface area contributed by atoms with Crippen molar-refractivity contribution in [3.8, 4) is 5.75 Å². The van der Waals surface area contributed by atoms with Crippen LogP contribution in [0.25, 0.3) is 0 Å². The lowest BCUT2D eigenvalue weighted by Crippen LogP contribution is -2.51. The van der Waals surface area contributed by atoms with E-state index in [2.05, 4.69) is 0 Å². The molecular formula is C22H23ClN2O3. The number of piperazine rings is 1. The minimum atomic E-state index is -0.0507. The first-order valence-electron chi connectivity index (χ1n) is 9.66. The number of amides is 2. The molecular weight excluding hydrogens is 376 g/mol. The quantitative estimate of drug-likeness (QED) is 0.773. The summed E-state index contributed by atoms with van der Waals surface area (Å²) in [6.07, 6.45) is 2.02. The summed E-state index contributed by atoms with van der Waals surface area (Å²) in [6, 6.07) is 14.8. The Labute approximate surface area is 169 Å². The van der Waals surface area contributed by atoms with Crippen LogP contribution in [0.3, 0.4) is 0 Å². The first-order chi connectivity index (χ1) is 13.6. The van der Waals surface area contributed by atoms with Gasteiger partial charge >= 0.3 is 0 Å². The second-order valence-corrected chi connectivity index (χ2v) is 7.74. The lowest BCUT2D eigenvalue weighted by atomic mass is 10.1. The minimum absolute atomic E-state index is 0.0507. The van der Waals surface area contributed by atoms with E-state index < -0.39 is 0 Å². The van der Waals surface area contributed by atoms with Crippen LogP contribution in [0.15, 0.2) is 48.5 Å². The lowest BCUT2D eigenvalue weighted by Gasteiger charge is -2.35.